The first-order chi connectivity index (χ1) is 10.3. The van der Waals surface area contributed by atoms with Gasteiger partial charge in [-0.2, -0.15) is 11.8 Å². The molecule has 3 unspecified atom stereocenters. The highest BCUT2D eigenvalue weighted by Gasteiger charge is 2.28. The maximum Gasteiger partial charge on any atom is 0.142 e. The molecule has 3 rings (SSSR count). The summed E-state index contributed by atoms with van der Waals surface area (Å²) in [7, 11) is 0. The minimum Gasteiger partial charge on any atom is -0.310 e. The van der Waals surface area contributed by atoms with E-state index in [-0.39, 0.29) is 0 Å². The molecule has 1 aromatic rings. The van der Waals surface area contributed by atoms with Crippen molar-refractivity contribution >= 4 is 23.5 Å². The maximum absolute atomic E-state index is 4.99. The molecule has 1 aromatic heterocycles. The van der Waals surface area contributed by atoms with Crippen molar-refractivity contribution in [3.05, 3.63) is 23.3 Å². The lowest BCUT2D eigenvalue weighted by Gasteiger charge is -2.27. The number of rotatable bonds is 3. The molecular formula is C16H25N3S2. The Morgan fingerprint density at radius 3 is 2.95 bits per heavy atom. The van der Waals surface area contributed by atoms with E-state index in [1.165, 1.54) is 42.0 Å². The minimum absolute atomic E-state index is 0.451. The predicted molar refractivity (Wildman–Crippen MR) is 93.1 cm³/mol. The molecule has 0 amide bonds. The highest BCUT2D eigenvalue weighted by Crippen LogP contribution is 2.41. The second kappa shape index (κ2) is 7.34. The first-order valence-corrected chi connectivity index (χ1v) is 10.2. The summed E-state index contributed by atoms with van der Waals surface area (Å²) in [5.74, 6) is 3.55. The van der Waals surface area contributed by atoms with Gasteiger partial charge in [0.1, 0.15) is 5.82 Å². The monoisotopic (exact) mass is 323 g/mol. The molecule has 116 valence electrons. The minimum atomic E-state index is 0.451. The summed E-state index contributed by atoms with van der Waals surface area (Å²) in [5.41, 5.74) is 2.64. The summed E-state index contributed by atoms with van der Waals surface area (Å²) in [6.45, 7) is 5.51. The van der Waals surface area contributed by atoms with Crippen LogP contribution in [0.4, 0.5) is 0 Å². The average molecular weight is 324 g/mol. The molecule has 1 fully saturated rings. The second-order valence-corrected chi connectivity index (χ2v) is 8.59. The van der Waals surface area contributed by atoms with Gasteiger partial charge >= 0.3 is 0 Å². The molecule has 0 aromatic carbocycles. The van der Waals surface area contributed by atoms with E-state index in [0.29, 0.717) is 16.5 Å². The van der Waals surface area contributed by atoms with Gasteiger partial charge in [-0.25, -0.2) is 9.97 Å². The van der Waals surface area contributed by atoms with Crippen LogP contribution in [-0.4, -0.2) is 33.3 Å². The van der Waals surface area contributed by atoms with E-state index in [9.17, 15) is 0 Å². The number of thioether (sulfide) groups is 2. The van der Waals surface area contributed by atoms with Crippen LogP contribution in [0.1, 0.15) is 61.5 Å². The Bertz CT molecular complexity index is 481. The summed E-state index contributed by atoms with van der Waals surface area (Å²) in [6, 6.07) is 0.451. The van der Waals surface area contributed by atoms with Crippen molar-refractivity contribution in [2.24, 2.45) is 0 Å². The van der Waals surface area contributed by atoms with E-state index in [1.807, 2.05) is 11.8 Å². The third-order valence-corrected chi connectivity index (χ3v) is 7.43. The van der Waals surface area contributed by atoms with E-state index in [4.69, 9.17) is 9.97 Å². The zero-order chi connectivity index (χ0) is 14.7. The summed E-state index contributed by atoms with van der Waals surface area (Å²) < 4.78 is 0. The summed E-state index contributed by atoms with van der Waals surface area (Å²) in [6.07, 6.45) is 6.99. The Morgan fingerprint density at radius 2 is 2.14 bits per heavy atom. The lowest BCUT2D eigenvalue weighted by Crippen LogP contribution is -2.23. The molecule has 0 bridgehead atoms. The van der Waals surface area contributed by atoms with Crippen LogP contribution in [0.3, 0.4) is 0 Å². The van der Waals surface area contributed by atoms with Gasteiger partial charge in [-0.15, -0.1) is 11.8 Å². The molecule has 3 atom stereocenters. The fraction of sp³-hybridized carbons (Fsp3) is 0.750. The Hall–Kier alpha value is -0.260. The molecule has 3 nitrogen and oxygen atoms in total. The normalized spacial score (nSPS) is 29.7. The predicted octanol–water partition coefficient (Wildman–Crippen LogP) is 3.76. The van der Waals surface area contributed by atoms with Crippen molar-refractivity contribution in [2.75, 3.05) is 18.1 Å². The van der Waals surface area contributed by atoms with Crippen molar-refractivity contribution in [2.45, 2.75) is 56.1 Å². The zero-order valence-corrected chi connectivity index (χ0v) is 14.6. The van der Waals surface area contributed by atoms with Gasteiger partial charge in [0, 0.05) is 40.3 Å². The Kier molecular flexibility index (Phi) is 5.46. The molecule has 1 N–H and O–H groups in total. The van der Waals surface area contributed by atoms with Gasteiger partial charge in [0.25, 0.3) is 0 Å². The van der Waals surface area contributed by atoms with Crippen LogP contribution < -0.4 is 5.32 Å². The van der Waals surface area contributed by atoms with E-state index < -0.39 is 0 Å². The number of fused-ring (bicyclic) bond motifs is 1. The smallest absolute Gasteiger partial charge is 0.142 e. The van der Waals surface area contributed by atoms with E-state index in [0.717, 1.165) is 18.8 Å². The van der Waals surface area contributed by atoms with Gasteiger partial charge in [0.2, 0.25) is 0 Å². The molecule has 1 saturated heterocycles. The largest absolute Gasteiger partial charge is 0.310 e. The van der Waals surface area contributed by atoms with Crippen LogP contribution in [-0.2, 0) is 6.42 Å². The molecule has 21 heavy (non-hydrogen) atoms. The van der Waals surface area contributed by atoms with E-state index >= 15 is 0 Å². The number of aromatic nitrogens is 2. The molecule has 0 spiro atoms. The number of nitrogens with one attached hydrogen (secondary N) is 1. The van der Waals surface area contributed by atoms with Gasteiger partial charge in [-0.05, 0) is 25.8 Å². The fourth-order valence-electron chi connectivity index (χ4n) is 3.24. The van der Waals surface area contributed by atoms with Gasteiger partial charge in [-0.3, -0.25) is 0 Å². The molecule has 1 aliphatic heterocycles. The Labute approximate surface area is 136 Å². The third-order valence-electron chi connectivity index (χ3n) is 4.34. The molecule has 0 radical (unpaired) electrons. The molecule has 2 heterocycles. The van der Waals surface area contributed by atoms with E-state index in [2.05, 4.69) is 37.1 Å². The number of hydrogen-bond donors (Lipinski definition) is 1. The van der Waals surface area contributed by atoms with Crippen LogP contribution >= 0.6 is 23.5 Å². The van der Waals surface area contributed by atoms with Crippen molar-refractivity contribution in [1.82, 2.24) is 15.3 Å². The van der Waals surface area contributed by atoms with Crippen molar-refractivity contribution < 1.29 is 0 Å². The average Bonchev–Trinajstić information content (AvgIpc) is 2.70. The quantitative estimate of drug-likeness (QED) is 0.857. The van der Waals surface area contributed by atoms with E-state index in [1.54, 1.807) is 0 Å². The molecular weight excluding hydrogens is 298 g/mol. The number of nitrogens with zero attached hydrogens (tertiary/aromatic N) is 2. The van der Waals surface area contributed by atoms with Crippen molar-refractivity contribution in [3.63, 3.8) is 0 Å². The first kappa shape index (κ1) is 15.6. The Morgan fingerprint density at radius 1 is 1.29 bits per heavy atom. The van der Waals surface area contributed by atoms with Crippen molar-refractivity contribution in [1.29, 1.82) is 0 Å². The second-order valence-electron chi connectivity index (χ2n) is 5.85. The lowest BCUT2D eigenvalue weighted by molar-refractivity contribution is 0.502. The highest BCUT2D eigenvalue weighted by molar-refractivity contribution is 8.06. The SMILES string of the molecule is CCNC1CCCCc2nc(C3SCCSC3C)ncc21. The number of aryl methyl sites for hydroxylation is 1. The van der Waals surface area contributed by atoms with Crippen LogP contribution in [0.5, 0.6) is 0 Å². The van der Waals surface area contributed by atoms with Crippen molar-refractivity contribution in [3.8, 4) is 0 Å². The topological polar surface area (TPSA) is 37.8 Å². The third kappa shape index (κ3) is 3.57. The summed E-state index contributed by atoms with van der Waals surface area (Å²) >= 11 is 4.09. The summed E-state index contributed by atoms with van der Waals surface area (Å²) in [4.78, 5) is 9.75. The molecule has 2 aliphatic rings. The zero-order valence-electron chi connectivity index (χ0n) is 13.0. The fourth-order valence-corrected chi connectivity index (χ4v) is 5.94. The van der Waals surface area contributed by atoms with Gasteiger partial charge in [0.05, 0.1) is 5.25 Å². The van der Waals surface area contributed by atoms with Crippen LogP contribution in [0.2, 0.25) is 0 Å². The summed E-state index contributed by atoms with van der Waals surface area (Å²) in [5, 5.41) is 4.69. The molecule has 0 saturated carbocycles. The van der Waals surface area contributed by atoms with Gasteiger partial charge in [-0.1, -0.05) is 20.3 Å². The lowest BCUT2D eigenvalue weighted by atomic mass is 10.0. The van der Waals surface area contributed by atoms with Gasteiger partial charge in [0.15, 0.2) is 0 Å². The van der Waals surface area contributed by atoms with Gasteiger partial charge < -0.3 is 5.32 Å². The van der Waals surface area contributed by atoms with Crippen LogP contribution in [0.15, 0.2) is 6.20 Å². The van der Waals surface area contributed by atoms with Crippen LogP contribution in [0.25, 0.3) is 0 Å². The molecule has 5 heteroatoms. The Balaban J connectivity index is 1.87. The standard InChI is InChI=1S/C16H25N3S2/c1-3-17-13-6-4-5-7-14-12(13)10-18-16(19-14)15-11(2)20-8-9-21-15/h10-11,13,15,17H,3-9H2,1-2H3. The maximum atomic E-state index is 4.99. The number of hydrogen-bond acceptors (Lipinski definition) is 5. The van der Waals surface area contributed by atoms with Crippen LogP contribution in [0, 0.1) is 0 Å². The first-order valence-electron chi connectivity index (χ1n) is 8.12. The molecule has 1 aliphatic carbocycles. The highest BCUT2D eigenvalue weighted by atomic mass is 32.2.